The topological polar surface area (TPSA) is 46.2 Å². The number of fused-ring (bicyclic) bond motifs is 1. The largest absolute Gasteiger partial charge is 0.342 e. The number of hydrogen-bond acceptors (Lipinski definition) is 2. The van der Waals surface area contributed by atoms with Gasteiger partial charge >= 0.3 is 0 Å². The number of ketones is 1. The van der Waals surface area contributed by atoms with Crippen molar-refractivity contribution in [3.8, 4) is 0 Å². The molecular formula is C8H6INO2. The normalized spacial score (nSPS) is 27.6. The summed E-state index contributed by atoms with van der Waals surface area (Å²) in [6.45, 7) is 0. The Labute approximate surface area is 83.0 Å². The Morgan fingerprint density at radius 1 is 1.50 bits per heavy atom. The van der Waals surface area contributed by atoms with Crippen molar-refractivity contribution in [2.45, 2.75) is 12.5 Å². The van der Waals surface area contributed by atoms with Gasteiger partial charge in [-0.1, -0.05) is 6.08 Å². The van der Waals surface area contributed by atoms with Gasteiger partial charge in [0, 0.05) is 9.15 Å². The molecule has 0 aromatic heterocycles. The molecule has 1 fully saturated rings. The van der Waals surface area contributed by atoms with Gasteiger partial charge in [0.2, 0.25) is 5.78 Å². The Morgan fingerprint density at radius 2 is 2.25 bits per heavy atom. The zero-order chi connectivity index (χ0) is 8.72. The van der Waals surface area contributed by atoms with Gasteiger partial charge in [0.15, 0.2) is 0 Å². The molecule has 0 bridgehead atoms. The lowest BCUT2D eigenvalue weighted by atomic mass is 10.00. The van der Waals surface area contributed by atoms with Crippen LogP contribution in [0.15, 0.2) is 21.3 Å². The van der Waals surface area contributed by atoms with Crippen molar-refractivity contribution in [3.05, 3.63) is 21.3 Å². The van der Waals surface area contributed by atoms with Gasteiger partial charge in [-0.25, -0.2) is 0 Å². The second kappa shape index (κ2) is 2.69. The van der Waals surface area contributed by atoms with Crippen LogP contribution in [0.1, 0.15) is 6.42 Å². The van der Waals surface area contributed by atoms with Gasteiger partial charge in [-0.3, -0.25) is 9.59 Å². The molecule has 2 aliphatic rings. The van der Waals surface area contributed by atoms with Crippen LogP contribution in [0.4, 0.5) is 0 Å². The number of rotatable bonds is 0. The first-order valence-corrected chi connectivity index (χ1v) is 4.69. The molecular weight excluding hydrogens is 269 g/mol. The van der Waals surface area contributed by atoms with Gasteiger partial charge in [-0.2, -0.15) is 0 Å². The van der Waals surface area contributed by atoms with E-state index >= 15 is 0 Å². The van der Waals surface area contributed by atoms with Crippen molar-refractivity contribution in [1.29, 1.82) is 0 Å². The van der Waals surface area contributed by atoms with Crippen LogP contribution in [0.5, 0.6) is 0 Å². The van der Waals surface area contributed by atoms with Gasteiger partial charge < -0.3 is 5.32 Å². The summed E-state index contributed by atoms with van der Waals surface area (Å²) in [6, 6.07) is -0.0662. The summed E-state index contributed by atoms with van der Waals surface area (Å²) in [7, 11) is 0. The van der Waals surface area contributed by atoms with Gasteiger partial charge in [0.05, 0.1) is 6.04 Å². The summed E-state index contributed by atoms with van der Waals surface area (Å²) in [4.78, 5) is 22.1. The van der Waals surface area contributed by atoms with E-state index in [0.717, 1.165) is 10.0 Å². The molecule has 1 N–H and O–H groups in total. The van der Waals surface area contributed by atoms with Gasteiger partial charge in [0.1, 0.15) is 0 Å². The monoisotopic (exact) mass is 275 g/mol. The molecule has 2 rings (SSSR count). The van der Waals surface area contributed by atoms with Crippen molar-refractivity contribution < 1.29 is 9.59 Å². The number of nitrogens with one attached hydrogen (secondary N) is 1. The van der Waals surface area contributed by atoms with E-state index in [9.17, 15) is 9.59 Å². The van der Waals surface area contributed by atoms with E-state index in [0.29, 0.717) is 5.57 Å². The fraction of sp³-hybridized carbons (Fsp3) is 0.250. The molecule has 1 unspecified atom stereocenters. The predicted molar refractivity (Wildman–Crippen MR) is 51.7 cm³/mol. The highest BCUT2D eigenvalue weighted by atomic mass is 127. The summed E-state index contributed by atoms with van der Waals surface area (Å²) in [6.07, 6.45) is 4.52. The molecule has 1 saturated heterocycles. The third kappa shape index (κ3) is 1.10. The zero-order valence-corrected chi connectivity index (χ0v) is 8.29. The Hall–Kier alpha value is -0.650. The molecule has 0 radical (unpaired) electrons. The number of carbonyl (C=O) groups excluding carboxylic acids is 2. The molecule has 1 aliphatic heterocycles. The van der Waals surface area contributed by atoms with E-state index in [4.69, 9.17) is 0 Å². The highest BCUT2D eigenvalue weighted by molar-refractivity contribution is 14.1. The fourth-order valence-electron chi connectivity index (χ4n) is 1.38. The lowest BCUT2D eigenvalue weighted by molar-refractivity contribution is -0.133. The summed E-state index contributed by atoms with van der Waals surface area (Å²) in [5.74, 6) is -0.840. The lowest BCUT2D eigenvalue weighted by Crippen LogP contribution is -2.26. The first-order valence-electron chi connectivity index (χ1n) is 3.61. The molecule has 1 amide bonds. The summed E-state index contributed by atoms with van der Waals surface area (Å²) in [5, 5.41) is 2.62. The Balaban J connectivity index is 2.40. The molecule has 1 aliphatic carbocycles. The zero-order valence-electron chi connectivity index (χ0n) is 6.13. The maximum Gasteiger partial charge on any atom is 0.292 e. The van der Waals surface area contributed by atoms with Crippen molar-refractivity contribution in [2.75, 3.05) is 0 Å². The molecule has 3 nitrogen and oxygen atoms in total. The SMILES string of the molecule is O=C1NC2CC=C(I)C=C2C1=O. The van der Waals surface area contributed by atoms with E-state index in [2.05, 4.69) is 27.9 Å². The molecule has 12 heavy (non-hydrogen) atoms. The van der Waals surface area contributed by atoms with Gasteiger partial charge in [0.25, 0.3) is 5.91 Å². The first-order chi connectivity index (χ1) is 5.68. The number of amides is 1. The quantitative estimate of drug-likeness (QED) is 0.522. The van der Waals surface area contributed by atoms with E-state index in [-0.39, 0.29) is 11.8 Å². The minimum Gasteiger partial charge on any atom is -0.342 e. The average molecular weight is 275 g/mol. The Kier molecular flexibility index (Phi) is 1.79. The van der Waals surface area contributed by atoms with Crippen LogP contribution < -0.4 is 5.32 Å². The van der Waals surface area contributed by atoms with E-state index in [1.807, 2.05) is 6.08 Å². The van der Waals surface area contributed by atoms with Crippen molar-refractivity contribution >= 4 is 34.3 Å². The minimum absolute atomic E-state index is 0.0662. The van der Waals surface area contributed by atoms with E-state index < -0.39 is 5.91 Å². The number of halogens is 1. The van der Waals surface area contributed by atoms with E-state index in [1.54, 1.807) is 6.08 Å². The molecule has 0 spiro atoms. The second-order valence-corrected chi connectivity index (χ2v) is 4.03. The Morgan fingerprint density at radius 3 is 3.00 bits per heavy atom. The molecule has 1 atom stereocenters. The smallest absolute Gasteiger partial charge is 0.292 e. The van der Waals surface area contributed by atoms with Crippen LogP contribution in [0.2, 0.25) is 0 Å². The maximum atomic E-state index is 11.2. The highest BCUT2D eigenvalue weighted by Crippen LogP contribution is 2.25. The van der Waals surface area contributed by atoms with Crippen LogP contribution in [0.25, 0.3) is 0 Å². The third-order valence-corrected chi connectivity index (χ3v) is 2.74. The molecule has 0 aromatic carbocycles. The maximum absolute atomic E-state index is 11.2. The molecule has 4 heteroatoms. The standard InChI is InChI=1S/C8H6INO2/c9-4-1-2-6-5(3-4)7(11)8(12)10-6/h1,3,6H,2H2,(H,10,12). The van der Waals surface area contributed by atoms with Crippen molar-refractivity contribution in [3.63, 3.8) is 0 Å². The van der Waals surface area contributed by atoms with Crippen LogP contribution >= 0.6 is 22.6 Å². The highest BCUT2D eigenvalue weighted by Gasteiger charge is 2.35. The summed E-state index contributed by atoms with van der Waals surface area (Å²) in [5.41, 5.74) is 0.618. The van der Waals surface area contributed by atoms with Gasteiger partial charge in [-0.15, -0.1) is 0 Å². The Bertz CT molecular complexity index is 330. The molecule has 1 heterocycles. The van der Waals surface area contributed by atoms with Crippen LogP contribution in [-0.4, -0.2) is 17.7 Å². The number of allylic oxidation sites excluding steroid dienone is 2. The first kappa shape index (κ1) is 7.97. The average Bonchev–Trinajstić information content (AvgIpc) is 2.31. The fourth-order valence-corrected chi connectivity index (χ4v) is 1.97. The molecule has 62 valence electrons. The number of Topliss-reactive ketones (excluding diaryl/α,β-unsaturated/α-hetero) is 1. The third-order valence-electron chi connectivity index (χ3n) is 1.99. The van der Waals surface area contributed by atoms with Crippen molar-refractivity contribution in [2.24, 2.45) is 0 Å². The van der Waals surface area contributed by atoms with Gasteiger partial charge in [-0.05, 0) is 35.1 Å². The van der Waals surface area contributed by atoms with Crippen LogP contribution in [0, 0.1) is 0 Å². The van der Waals surface area contributed by atoms with Crippen molar-refractivity contribution in [1.82, 2.24) is 5.32 Å². The number of carbonyl (C=O) groups is 2. The summed E-state index contributed by atoms with van der Waals surface area (Å²) >= 11 is 2.14. The number of hydrogen-bond donors (Lipinski definition) is 1. The van der Waals surface area contributed by atoms with Crippen LogP contribution in [-0.2, 0) is 9.59 Å². The van der Waals surface area contributed by atoms with Crippen LogP contribution in [0.3, 0.4) is 0 Å². The second-order valence-electron chi connectivity index (χ2n) is 2.78. The molecule has 0 saturated carbocycles. The minimum atomic E-state index is -0.467. The van der Waals surface area contributed by atoms with E-state index in [1.165, 1.54) is 0 Å². The predicted octanol–water partition coefficient (Wildman–Crippen LogP) is 0.703. The molecule has 0 aromatic rings. The summed E-state index contributed by atoms with van der Waals surface area (Å²) < 4.78 is 1.03. The lowest BCUT2D eigenvalue weighted by Gasteiger charge is -2.12.